The van der Waals surface area contributed by atoms with E-state index in [-0.39, 0.29) is 17.1 Å². The monoisotopic (exact) mass is 210 g/mol. The summed E-state index contributed by atoms with van der Waals surface area (Å²) in [5.41, 5.74) is 1.27. The van der Waals surface area contributed by atoms with E-state index < -0.39 is 0 Å². The van der Waals surface area contributed by atoms with Crippen molar-refractivity contribution in [1.82, 2.24) is 0 Å². The number of aromatic hydroxyl groups is 2. The van der Waals surface area contributed by atoms with Crippen LogP contribution in [-0.2, 0) is 0 Å². The first kappa shape index (κ1) is 8.74. The zero-order valence-corrected chi connectivity index (χ0v) is 8.10. The summed E-state index contributed by atoms with van der Waals surface area (Å²) in [6, 6.07) is 7.19. The van der Waals surface area contributed by atoms with Crippen molar-refractivity contribution in [3.8, 4) is 17.6 Å². The molecule has 0 fully saturated rings. The Bertz CT molecular complexity index is 696. The van der Waals surface area contributed by atoms with Crippen molar-refractivity contribution in [3.63, 3.8) is 0 Å². The van der Waals surface area contributed by atoms with Crippen molar-refractivity contribution >= 4 is 22.7 Å². The lowest BCUT2D eigenvalue weighted by molar-refractivity contribution is 0.403. The molecule has 0 unspecified atom stereocenters. The highest BCUT2D eigenvalue weighted by atomic mass is 16.3. The van der Waals surface area contributed by atoms with Crippen LogP contribution < -0.4 is 0 Å². The van der Waals surface area contributed by atoms with Gasteiger partial charge in [0, 0.05) is 22.6 Å². The first-order chi connectivity index (χ1) is 7.74. The highest BCUT2D eigenvalue weighted by Crippen LogP contribution is 2.44. The van der Waals surface area contributed by atoms with E-state index in [1.54, 1.807) is 18.2 Å². The van der Waals surface area contributed by atoms with Gasteiger partial charge in [-0.05, 0) is 6.07 Å². The number of hydrogen-bond acceptors (Lipinski definition) is 4. The van der Waals surface area contributed by atoms with Gasteiger partial charge in [0.1, 0.15) is 11.6 Å². The third-order valence-electron chi connectivity index (χ3n) is 2.74. The lowest BCUT2D eigenvalue weighted by Crippen LogP contribution is -1.87. The predicted octanol–water partition coefficient (Wildman–Crippen LogP) is 2.19. The Morgan fingerprint density at radius 1 is 1.19 bits per heavy atom. The summed E-state index contributed by atoms with van der Waals surface area (Å²) in [5, 5.41) is 29.8. The van der Waals surface area contributed by atoms with Gasteiger partial charge in [-0.1, -0.05) is 12.1 Å². The summed E-state index contributed by atoms with van der Waals surface area (Å²) in [6.45, 7) is 0. The zero-order valence-electron chi connectivity index (χ0n) is 8.10. The van der Waals surface area contributed by atoms with Gasteiger partial charge in [-0.25, -0.2) is 0 Å². The van der Waals surface area contributed by atoms with Crippen LogP contribution in [0.3, 0.4) is 0 Å². The molecule has 1 aliphatic rings. The molecule has 0 amide bonds. The molecule has 2 aromatic rings. The van der Waals surface area contributed by atoms with Gasteiger partial charge in [-0.15, -0.1) is 0 Å². The third kappa shape index (κ3) is 0.848. The number of nitrogens with zero attached hydrogens (tertiary/aromatic N) is 2. The van der Waals surface area contributed by atoms with Gasteiger partial charge in [-0.3, -0.25) is 4.99 Å². The van der Waals surface area contributed by atoms with Crippen LogP contribution >= 0.6 is 0 Å². The van der Waals surface area contributed by atoms with Crippen molar-refractivity contribution < 1.29 is 10.2 Å². The summed E-state index contributed by atoms with van der Waals surface area (Å²) in [6.07, 6.45) is 1.49. The van der Waals surface area contributed by atoms with E-state index in [1.807, 2.05) is 6.07 Å². The molecule has 76 valence electrons. The maximum Gasteiger partial charge on any atom is 0.176 e. The lowest BCUT2D eigenvalue weighted by atomic mass is 9.98. The largest absolute Gasteiger partial charge is 0.504 e. The molecule has 0 saturated heterocycles. The van der Waals surface area contributed by atoms with E-state index in [4.69, 9.17) is 5.26 Å². The molecule has 0 saturated carbocycles. The minimum atomic E-state index is -0.379. The van der Waals surface area contributed by atoms with Crippen molar-refractivity contribution in [2.75, 3.05) is 0 Å². The van der Waals surface area contributed by atoms with Gasteiger partial charge >= 0.3 is 0 Å². The Labute approximate surface area is 90.7 Å². The summed E-state index contributed by atoms with van der Waals surface area (Å²) < 4.78 is 0. The van der Waals surface area contributed by atoms with Crippen LogP contribution in [0.1, 0.15) is 11.1 Å². The summed E-state index contributed by atoms with van der Waals surface area (Å²) in [5.74, 6) is -0.659. The molecule has 4 nitrogen and oxygen atoms in total. The maximum absolute atomic E-state index is 9.75. The normalized spacial score (nSPS) is 11.9. The van der Waals surface area contributed by atoms with Gasteiger partial charge in [0.25, 0.3) is 0 Å². The predicted molar refractivity (Wildman–Crippen MR) is 59.2 cm³/mol. The fraction of sp³-hybridized carbons (Fsp3) is 0. The first-order valence-electron chi connectivity index (χ1n) is 4.69. The fourth-order valence-corrected chi connectivity index (χ4v) is 2.00. The zero-order chi connectivity index (χ0) is 11.3. The number of rotatable bonds is 0. The number of hydrogen-bond donors (Lipinski definition) is 2. The van der Waals surface area contributed by atoms with Gasteiger partial charge in [0.2, 0.25) is 0 Å². The van der Waals surface area contributed by atoms with E-state index in [1.165, 1.54) is 6.21 Å². The highest BCUT2D eigenvalue weighted by molar-refractivity contribution is 6.15. The van der Waals surface area contributed by atoms with Crippen LogP contribution in [0.4, 0.5) is 5.69 Å². The highest BCUT2D eigenvalue weighted by Gasteiger charge is 2.21. The third-order valence-corrected chi connectivity index (χ3v) is 2.74. The van der Waals surface area contributed by atoms with Crippen LogP contribution in [-0.4, -0.2) is 16.4 Å². The molecule has 2 aromatic carbocycles. The van der Waals surface area contributed by atoms with Gasteiger partial charge in [0.05, 0.1) is 5.69 Å². The lowest BCUT2D eigenvalue weighted by Gasteiger charge is -2.07. The SMILES string of the molecule is N#Cc1c(O)c(O)c2c3c(cccc13)N=C2. The number of phenolic OH excluding ortho intramolecular Hbond substituents is 2. The van der Waals surface area contributed by atoms with Crippen LogP contribution in [0.5, 0.6) is 11.5 Å². The molecular weight excluding hydrogens is 204 g/mol. The van der Waals surface area contributed by atoms with Gasteiger partial charge in [-0.2, -0.15) is 5.26 Å². The second-order valence-electron chi connectivity index (χ2n) is 3.56. The van der Waals surface area contributed by atoms with E-state index in [9.17, 15) is 10.2 Å². The Morgan fingerprint density at radius 2 is 2.00 bits per heavy atom. The topological polar surface area (TPSA) is 76.6 Å². The molecule has 0 atom stereocenters. The molecule has 0 aliphatic carbocycles. The van der Waals surface area contributed by atoms with Crippen LogP contribution in [0, 0.1) is 11.3 Å². The van der Waals surface area contributed by atoms with E-state index in [0.717, 1.165) is 0 Å². The first-order valence-corrected chi connectivity index (χ1v) is 4.69. The Hall–Kier alpha value is -2.54. The Balaban J connectivity index is 2.65. The molecule has 0 aromatic heterocycles. The van der Waals surface area contributed by atoms with Crippen molar-refractivity contribution in [3.05, 3.63) is 29.3 Å². The molecule has 16 heavy (non-hydrogen) atoms. The average Bonchev–Trinajstić information content (AvgIpc) is 2.72. The molecule has 1 heterocycles. The smallest absolute Gasteiger partial charge is 0.176 e. The van der Waals surface area contributed by atoms with Crippen LogP contribution in [0.2, 0.25) is 0 Å². The molecule has 1 aliphatic heterocycles. The molecule has 0 bridgehead atoms. The van der Waals surface area contributed by atoms with E-state index in [0.29, 0.717) is 22.0 Å². The van der Waals surface area contributed by atoms with Gasteiger partial charge in [0.15, 0.2) is 11.5 Å². The van der Waals surface area contributed by atoms with Crippen LogP contribution in [0.25, 0.3) is 10.8 Å². The Kier molecular flexibility index (Phi) is 1.49. The molecular formula is C12H6N2O2. The minimum Gasteiger partial charge on any atom is -0.504 e. The number of nitriles is 1. The molecule has 0 radical (unpaired) electrons. The van der Waals surface area contributed by atoms with Crippen LogP contribution in [0.15, 0.2) is 23.2 Å². The van der Waals surface area contributed by atoms with Crippen molar-refractivity contribution in [2.45, 2.75) is 0 Å². The molecule has 4 heteroatoms. The molecule has 2 N–H and O–H groups in total. The Morgan fingerprint density at radius 3 is 2.75 bits per heavy atom. The van der Waals surface area contributed by atoms with E-state index >= 15 is 0 Å². The summed E-state index contributed by atoms with van der Waals surface area (Å²) in [7, 11) is 0. The standard InChI is InChI=1S/C12H6N2O2/c13-4-7-6-2-1-3-9-10(6)8(5-14-9)12(16)11(7)15/h1-3,5,15-16H. The summed E-state index contributed by atoms with van der Waals surface area (Å²) >= 11 is 0. The van der Waals surface area contributed by atoms with Crippen molar-refractivity contribution in [1.29, 1.82) is 5.26 Å². The minimum absolute atomic E-state index is 0.0867. The van der Waals surface area contributed by atoms with Crippen molar-refractivity contribution in [2.24, 2.45) is 4.99 Å². The summed E-state index contributed by atoms with van der Waals surface area (Å²) in [4.78, 5) is 4.12. The second-order valence-corrected chi connectivity index (χ2v) is 3.56. The van der Waals surface area contributed by atoms with E-state index in [2.05, 4.69) is 4.99 Å². The quantitative estimate of drug-likeness (QED) is 0.558. The maximum atomic E-state index is 9.75. The average molecular weight is 210 g/mol. The number of phenols is 2. The molecule has 3 rings (SSSR count). The van der Waals surface area contributed by atoms with Gasteiger partial charge < -0.3 is 10.2 Å². The fourth-order valence-electron chi connectivity index (χ4n) is 2.00. The second kappa shape index (κ2) is 2.74. The number of aliphatic imine (C=N–C) groups is 1. The molecule has 0 spiro atoms. The number of benzene rings is 2.